The SMILES string of the molecule is CCCCCCCCNC(=O)/C=C\SC(=O)C(C)(C)CCl. The summed E-state index contributed by atoms with van der Waals surface area (Å²) in [6.45, 7) is 6.48. The van der Waals surface area contributed by atoms with Gasteiger partial charge in [-0.15, -0.1) is 11.6 Å². The molecular formula is C16H28ClNO2S. The average molecular weight is 334 g/mol. The molecule has 0 aliphatic rings. The molecule has 0 aromatic carbocycles. The van der Waals surface area contributed by atoms with Gasteiger partial charge in [-0.3, -0.25) is 9.59 Å². The van der Waals surface area contributed by atoms with Crippen LogP contribution in [-0.4, -0.2) is 23.4 Å². The monoisotopic (exact) mass is 333 g/mol. The van der Waals surface area contributed by atoms with Crippen LogP contribution >= 0.6 is 23.4 Å². The number of unbranched alkanes of at least 4 members (excludes halogenated alkanes) is 5. The van der Waals surface area contributed by atoms with E-state index in [9.17, 15) is 9.59 Å². The molecule has 0 aliphatic heterocycles. The Bertz CT molecular complexity index is 343. The van der Waals surface area contributed by atoms with E-state index in [4.69, 9.17) is 11.6 Å². The lowest BCUT2D eigenvalue weighted by molar-refractivity contribution is -0.117. The summed E-state index contributed by atoms with van der Waals surface area (Å²) in [6.07, 6.45) is 8.62. The van der Waals surface area contributed by atoms with Crippen molar-refractivity contribution in [3.63, 3.8) is 0 Å². The van der Waals surface area contributed by atoms with Crippen molar-refractivity contribution >= 4 is 34.4 Å². The summed E-state index contributed by atoms with van der Waals surface area (Å²) in [7, 11) is 0. The molecule has 1 amide bonds. The van der Waals surface area contributed by atoms with Gasteiger partial charge >= 0.3 is 0 Å². The fraction of sp³-hybridized carbons (Fsp3) is 0.750. The number of halogens is 1. The Kier molecular flexibility index (Phi) is 11.8. The Morgan fingerprint density at radius 1 is 1.14 bits per heavy atom. The first-order valence-corrected chi connectivity index (χ1v) is 9.07. The van der Waals surface area contributed by atoms with E-state index in [1.54, 1.807) is 13.8 Å². The second-order valence-corrected chi connectivity index (χ2v) is 6.93. The number of alkyl halides is 1. The second kappa shape index (κ2) is 12.1. The van der Waals surface area contributed by atoms with Gasteiger partial charge in [0.05, 0.1) is 0 Å². The molecule has 0 rings (SSSR count). The van der Waals surface area contributed by atoms with Crippen molar-refractivity contribution in [2.75, 3.05) is 12.4 Å². The van der Waals surface area contributed by atoms with Crippen LogP contribution in [-0.2, 0) is 9.59 Å². The van der Waals surface area contributed by atoms with Crippen LogP contribution in [0.2, 0.25) is 0 Å². The van der Waals surface area contributed by atoms with E-state index in [0.717, 1.165) is 24.6 Å². The zero-order valence-electron chi connectivity index (χ0n) is 13.4. The van der Waals surface area contributed by atoms with E-state index in [1.165, 1.54) is 37.2 Å². The number of carbonyl (C=O) groups is 2. The van der Waals surface area contributed by atoms with Crippen LogP contribution in [0.3, 0.4) is 0 Å². The lowest BCUT2D eigenvalue weighted by atomic mass is 9.99. The molecule has 0 bridgehead atoms. The Hall–Kier alpha value is -0.480. The summed E-state index contributed by atoms with van der Waals surface area (Å²) in [5.74, 6) is 0.129. The van der Waals surface area contributed by atoms with E-state index < -0.39 is 5.41 Å². The fourth-order valence-corrected chi connectivity index (χ4v) is 2.45. The molecule has 21 heavy (non-hydrogen) atoms. The summed E-state index contributed by atoms with van der Waals surface area (Å²) in [5, 5.41) is 4.33. The van der Waals surface area contributed by atoms with E-state index >= 15 is 0 Å². The zero-order chi connectivity index (χ0) is 16.1. The van der Waals surface area contributed by atoms with Crippen molar-refractivity contribution in [1.29, 1.82) is 0 Å². The third-order valence-electron chi connectivity index (χ3n) is 3.11. The highest BCUT2D eigenvalue weighted by Gasteiger charge is 2.25. The first-order chi connectivity index (χ1) is 9.94. The van der Waals surface area contributed by atoms with Gasteiger partial charge in [-0.25, -0.2) is 0 Å². The quantitative estimate of drug-likeness (QED) is 0.344. The first-order valence-electron chi connectivity index (χ1n) is 7.65. The van der Waals surface area contributed by atoms with Crippen LogP contribution < -0.4 is 5.32 Å². The average Bonchev–Trinajstić information content (AvgIpc) is 2.46. The molecule has 0 saturated carbocycles. The lowest BCUT2D eigenvalue weighted by Crippen LogP contribution is -2.23. The van der Waals surface area contributed by atoms with Gasteiger partial charge in [0.15, 0.2) is 5.12 Å². The van der Waals surface area contributed by atoms with Crippen molar-refractivity contribution < 1.29 is 9.59 Å². The molecule has 0 fully saturated rings. The number of rotatable bonds is 11. The summed E-state index contributed by atoms with van der Waals surface area (Å²) in [4.78, 5) is 23.3. The van der Waals surface area contributed by atoms with Crippen LogP contribution in [0.4, 0.5) is 0 Å². The molecule has 0 radical (unpaired) electrons. The molecule has 122 valence electrons. The Balaban J connectivity index is 3.70. The van der Waals surface area contributed by atoms with E-state index in [2.05, 4.69) is 12.2 Å². The predicted molar refractivity (Wildman–Crippen MR) is 92.6 cm³/mol. The number of hydrogen-bond donors (Lipinski definition) is 1. The molecule has 0 spiro atoms. The molecule has 1 N–H and O–H groups in total. The van der Waals surface area contributed by atoms with Crippen LogP contribution in [0.1, 0.15) is 59.3 Å². The van der Waals surface area contributed by atoms with Crippen molar-refractivity contribution in [3.8, 4) is 0 Å². The maximum atomic E-state index is 11.8. The van der Waals surface area contributed by atoms with Crippen LogP contribution in [0.25, 0.3) is 0 Å². The van der Waals surface area contributed by atoms with Gasteiger partial charge in [0.2, 0.25) is 5.91 Å². The normalized spacial score (nSPS) is 11.8. The Morgan fingerprint density at radius 3 is 2.38 bits per heavy atom. The van der Waals surface area contributed by atoms with Crippen LogP contribution in [0.5, 0.6) is 0 Å². The van der Waals surface area contributed by atoms with Crippen molar-refractivity contribution in [2.24, 2.45) is 5.41 Å². The maximum Gasteiger partial charge on any atom is 0.244 e. The van der Waals surface area contributed by atoms with Gasteiger partial charge in [0.1, 0.15) is 0 Å². The molecule has 0 aromatic rings. The van der Waals surface area contributed by atoms with Crippen molar-refractivity contribution in [1.82, 2.24) is 5.32 Å². The molecule has 3 nitrogen and oxygen atoms in total. The number of carbonyl (C=O) groups excluding carboxylic acids is 2. The Labute approximate surface area is 138 Å². The highest BCUT2D eigenvalue weighted by atomic mass is 35.5. The molecular weight excluding hydrogens is 306 g/mol. The second-order valence-electron chi connectivity index (χ2n) is 5.78. The summed E-state index contributed by atoms with van der Waals surface area (Å²) < 4.78 is 0. The van der Waals surface area contributed by atoms with Crippen LogP contribution in [0.15, 0.2) is 11.5 Å². The highest BCUT2D eigenvalue weighted by molar-refractivity contribution is 8.16. The molecule has 0 aliphatic carbocycles. The third kappa shape index (κ3) is 10.8. The van der Waals surface area contributed by atoms with Crippen LogP contribution in [0, 0.1) is 5.41 Å². The van der Waals surface area contributed by atoms with Crippen molar-refractivity contribution in [2.45, 2.75) is 59.3 Å². The smallest absolute Gasteiger partial charge is 0.244 e. The first kappa shape index (κ1) is 20.5. The van der Waals surface area contributed by atoms with Gasteiger partial charge in [-0.05, 0) is 11.8 Å². The lowest BCUT2D eigenvalue weighted by Gasteiger charge is -2.17. The largest absolute Gasteiger partial charge is 0.353 e. The standard InChI is InChI=1S/C16H28ClNO2S/c1-4-5-6-7-8-9-11-18-14(19)10-12-21-15(20)16(2,3)13-17/h10,12H,4-9,11,13H2,1-3H3,(H,18,19)/b12-10-. The number of hydrogen-bond acceptors (Lipinski definition) is 3. The van der Waals surface area contributed by atoms with Gasteiger partial charge < -0.3 is 5.32 Å². The minimum atomic E-state index is -0.564. The van der Waals surface area contributed by atoms with Gasteiger partial charge in [0, 0.05) is 23.9 Å². The van der Waals surface area contributed by atoms with Crippen molar-refractivity contribution in [3.05, 3.63) is 11.5 Å². The third-order valence-corrected chi connectivity index (χ3v) is 4.82. The minimum absolute atomic E-state index is 0.0301. The van der Waals surface area contributed by atoms with E-state index in [1.807, 2.05) is 0 Å². The van der Waals surface area contributed by atoms with Gasteiger partial charge in [0.25, 0.3) is 0 Å². The molecule has 0 aromatic heterocycles. The molecule has 0 saturated heterocycles. The van der Waals surface area contributed by atoms with E-state index in [0.29, 0.717) is 6.54 Å². The maximum absolute atomic E-state index is 11.8. The number of amides is 1. The van der Waals surface area contributed by atoms with Gasteiger partial charge in [-0.2, -0.15) is 0 Å². The summed E-state index contributed by atoms with van der Waals surface area (Å²) in [5.41, 5.74) is -0.564. The zero-order valence-corrected chi connectivity index (χ0v) is 15.0. The highest BCUT2D eigenvalue weighted by Crippen LogP contribution is 2.25. The summed E-state index contributed by atoms with van der Waals surface area (Å²) in [6, 6.07) is 0. The molecule has 0 unspecified atom stereocenters. The minimum Gasteiger partial charge on any atom is -0.353 e. The van der Waals surface area contributed by atoms with Gasteiger partial charge in [-0.1, -0.05) is 64.6 Å². The Morgan fingerprint density at radius 2 is 1.76 bits per heavy atom. The molecule has 5 heteroatoms. The molecule has 0 heterocycles. The number of nitrogens with one attached hydrogen (secondary N) is 1. The number of thioether (sulfide) groups is 1. The predicted octanol–water partition coefficient (Wildman–Crippen LogP) is 4.50. The fourth-order valence-electron chi connectivity index (χ4n) is 1.55. The summed E-state index contributed by atoms with van der Waals surface area (Å²) >= 11 is 6.75. The van der Waals surface area contributed by atoms with E-state index in [-0.39, 0.29) is 16.9 Å². The topological polar surface area (TPSA) is 46.2 Å². The molecule has 0 atom stereocenters.